The summed E-state index contributed by atoms with van der Waals surface area (Å²) in [4.78, 5) is 34.4. The summed E-state index contributed by atoms with van der Waals surface area (Å²) in [6.45, 7) is 1.43. The Kier molecular flexibility index (Phi) is 6.25. The van der Waals surface area contributed by atoms with Crippen molar-refractivity contribution in [3.63, 3.8) is 0 Å². The smallest absolute Gasteiger partial charge is 0.383 e. The summed E-state index contributed by atoms with van der Waals surface area (Å²) in [6, 6.07) is 6.85. The van der Waals surface area contributed by atoms with E-state index in [1.54, 1.807) is 19.2 Å². The van der Waals surface area contributed by atoms with Gasteiger partial charge < -0.3 is 14.8 Å². The quantitative estimate of drug-likeness (QED) is 0.620. The highest BCUT2D eigenvalue weighted by Crippen LogP contribution is 2.28. The molecule has 0 aliphatic carbocycles. The number of rotatable bonds is 6. The lowest BCUT2D eigenvalue weighted by Crippen LogP contribution is -2.28. The van der Waals surface area contributed by atoms with E-state index in [1.807, 2.05) is 25.1 Å². The Bertz CT molecular complexity index is 1160. The molecule has 0 unspecified atom stereocenters. The van der Waals surface area contributed by atoms with Crippen LogP contribution in [0.4, 0.5) is 24.8 Å². The van der Waals surface area contributed by atoms with Crippen LogP contribution in [0.25, 0.3) is 10.9 Å². The van der Waals surface area contributed by atoms with E-state index in [2.05, 4.69) is 20.6 Å². The second-order valence-electron chi connectivity index (χ2n) is 7.14. The summed E-state index contributed by atoms with van der Waals surface area (Å²) in [6.07, 6.45) is -3.46. The maximum atomic E-state index is 12.7. The van der Waals surface area contributed by atoms with E-state index in [0.717, 1.165) is 12.2 Å². The molecule has 2 N–H and O–H groups in total. The number of hydrogen-bond acceptors (Lipinski definition) is 6. The van der Waals surface area contributed by atoms with E-state index in [4.69, 9.17) is 0 Å². The predicted octanol–water partition coefficient (Wildman–Crippen LogP) is 2.57. The molecule has 0 aliphatic heterocycles. The molecule has 1 aromatic carbocycles. The van der Waals surface area contributed by atoms with E-state index >= 15 is 0 Å². The van der Waals surface area contributed by atoms with Gasteiger partial charge >= 0.3 is 6.18 Å². The van der Waals surface area contributed by atoms with E-state index < -0.39 is 23.2 Å². The molecule has 11 heteroatoms. The highest BCUT2D eigenvalue weighted by Gasteiger charge is 2.31. The fraction of sp³-hybridized carbons (Fsp3) is 0.300. The SMILES string of the molecule is CN(C)CCNc1cccc2c1cc(C(=O)Nc1ncc(C(F)(F)F)cn1)c(=O)n2C. The maximum Gasteiger partial charge on any atom is 0.419 e. The van der Waals surface area contributed by atoms with Crippen LogP contribution in [0.15, 0.2) is 41.5 Å². The van der Waals surface area contributed by atoms with Crippen LogP contribution in [0, 0.1) is 0 Å². The lowest BCUT2D eigenvalue weighted by Gasteiger charge is -2.15. The molecule has 0 radical (unpaired) electrons. The topological polar surface area (TPSA) is 92.2 Å². The molecule has 0 fully saturated rings. The summed E-state index contributed by atoms with van der Waals surface area (Å²) >= 11 is 0. The number of pyridine rings is 1. The van der Waals surface area contributed by atoms with Crippen LogP contribution in [0.1, 0.15) is 15.9 Å². The van der Waals surface area contributed by atoms with Gasteiger partial charge in [-0.25, -0.2) is 9.97 Å². The number of amides is 1. The van der Waals surface area contributed by atoms with E-state index in [9.17, 15) is 22.8 Å². The molecule has 8 nitrogen and oxygen atoms in total. The number of aromatic nitrogens is 3. The number of carbonyl (C=O) groups excluding carboxylic acids is 1. The van der Waals surface area contributed by atoms with Gasteiger partial charge in [0.25, 0.3) is 11.5 Å². The zero-order valence-electron chi connectivity index (χ0n) is 17.1. The molecule has 0 bridgehead atoms. The average molecular weight is 434 g/mol. The summed E-state index contributed by atoms with van der Waals surface area (Å²) < 4.78 is 39.3. The molecule has 3 aromatic rings. The molecule has 31 heavy (non-hydrogen) atoms. The second kappa shape index (κ2) is 8.72. The number of anilines is 2. The maximum absolute atomic E-state index is 12.7. The number of fused-ring (bicyclic) bond motifs is 1. The molecule has 2 aromatic heterocycles. The van der Waals surface area contributed by atoms with Gasteiger partial charge in [-0.2, -0.15) is 13.2 Å². The Labute approximate surface area is 175 Å². The van der Waals surface area contributed by atoms with Crippen molar-refractivity contribution >= 4 is 28.4 Å². The lowest BCUT2D eigenvalue weighted by molar-refractivity contribution is -0.138. The molecular weight excluding hydrogens is 413 g/mol. The predicted molar refractivity (Wildman–Crippen MR) is 111 cm³/mol. The summed E-state index contributed by atoms with van der Waals surface area (Å²) in [7, 11) is 5.43. The van der Waals surface area contributed by atoms with Gasteiger partial charge in [-0.1, -0.05) is 6.07 Å². The van der Waals surface area contributed by atoms with Crippen molar-refractivity contribution in [3.8, 4) is 0 Å². The van der Waals surface area contributed by atoms with Gasteiger partial charge in [-0.05, 0) is 32.3 Å². The Morgan fingerprint density at radius 2 is 1.87 bits per heavy atom. The number of likely N-dealkylation sites (N-methyl/N-ethyl adjacent to an activating group) is 1. The van der Waals surface area contributed by atoms with Crippen molar-refractivity contribution in [2.24, 2.45) is 7.05 Å². The van der Waals surface area contributed by atoms with Crippen molar-refractivity contribution in [2.75, 3.05) is 37.8 Å². The molecule has 0 spiro atoms. The first-order valence-corrected chi connectivity index (χ1v) is 9.30. The minimum Gasteiger partial charge on any atom is -0.383 e. The molecule has 0 atom stereocenters. The fourth-order valence-corrected chi connectivity index (χ4v) is 2.93. The third kappa shape index (κ3) is 5.00. The van der Waals surface area contributed by atoms with Gasteiger partial charge in [0.1, 0.15) is 5.56 Å². The molecule has 3 rings (SSSR count). The summed E-state index contributed by atoms with van der Waals surface area (Å²) in [5.41, 5.74) is -0.403. The highest BCUT2D eigenvalue weighted by molar-refractivity contribution is 6.06. The van der Waals surface area contributed by atoms with E-state index in [-0.39, 0.29) is 11.5 Å². The van der Waals surface area contributed by atoms with Crippen LogP contribution in [-0.2, 0) is 13.2 Å². The third-order valence-electron chi connectivity index (χ3n) is 4.59. The van der Waals surface area contributed by atoms with Crippen LogP contribution in [0.5, 0.6) is 0 Å². The minimum atomic E-state index is -4.59. The van der Waals surface area contributed by atoms with Gasteiger partial charge in [0.15, 0.2) is 0 Å². The number of nitrogens with zero attached hydrogens (tertiary/aromatic N) is 4. The number of hydrogen-bond donors (Lipinski definition) is 2. The Balaban J connectivity index is 1.93. The van der Waals surface area contributed by atoms with Crippen molar-refractivity contribution in [1.29, 1.82) is 0 Å². The van der Waals surface area contributed by atoms with Gasteiger partial charge in [-0.15, -0.1) is 0 Å². The minimum absolute atomic E-state index is 0.180. The summed E-state index contributed by atoms with van der Waals surface area (Å²) in [5, 5.41) is 6.21. The van der Waals surface area contributed by atoms with E-state index in [1.165, 1.54) is 10.6 Å². The number of alkyl halides is 3. The zero-order chi connectivity index (χ0) is 22.8. The summed E-state index contributed by atoms with van der Waals surface area (Å²) in [5.74, 6) is -1.15. The van der Waals surface area contributed by atoms with Gasteiger partial charge in [0.05, 0.1) is 11.1 Å². The lowest BCUT2D eigenvalue weighted by atomic mass is 10.1. The van der Waals surface area contributed by atoms with Crippen LogP contribution >= 0.6 is 0 Å². The number of nitrogens with one attached hydrogen (secondary N) is 2. The first-order chi connectivity index (χ1) is 14.6. The highest BCUT2D eigenvalue weighted by atomic mass is 19.4. The number of aryl methyl sites for hydroxylation is 1. The van der Waals surface area contributed by atoms with Crippen LogP contribution < -0.4 is 16.2 Å². The van der Waals surface area contributed by atoms with Gasteiger partial charge in [0.2, 0.25) is 5.95 Å². The number of benzene rings is 1. The van der Waals surface area contributed by atoms with Crippen molar-refractivity contribution < 1.29 is 18.0 Å². The Hall–Kier alpha value is -3.47. The largest absolute Gasteiger partial charge is 0.419 e. The van der Waals surface area contributed by atoms with Gasteiger partial charge in [0, 0.05) is 43.6 Å². The van der Waals surface area contributed by atoms with Crippen molar-refractivity contribution in [1.82, 2.24) is 19.4 Å². The molecule has 2 heterocycles. The van der Waals surface area contributed by atoms with E-state index in [0.29, 0.717) is 29.8 Å². The average Bonchev–Trinajstić information content (AvgIpc) is 2.70. The number of carbonyl (C=O) groups is 1. The Morgan fingerprint density at radius 1 is 1.19 bits per heavy atom. The normalized spacial score (nSPS) is 11.7. The molecular formula is C20H21F3N6O2. The van der Waals surface area contributed by atoms with Crippen LogP contribution in [0.3, 0.4) is 0 Å². The van der Waals surface area contributed by atoms with Crippen molar-refractivity contribution in [3.05, 3.63) is 58.1 Å². The molecule has 1 amide bonds. The molecule has 0 aliphatic rings. The molecule has 0 saturated heterocycles. The monoisotopic (exact) mass is 434 g/mol. The standard InChI is InChI=1S/C20H21F3N6O2/c1-28(2)8-7-24-15-5-4-6-16-13(15)9-14(18(31)29(16)3)17(30)27-19-25-10-12(11-26-19)20(21,22)23/h4-6,9-11,24H,7-8H2,1-3H3,(H,25,26,27,30). The number of halogens is 3. The third-order valence-corrected chi connectivity index (χ3v) is 4.59. The first-order valence-electron chi connectivity index (χ1n) is 9.30. The fourth-order valence-electron chi connectivity index (χ4n) is 2.93. The van der Waals surface area contributed by atoms with Crippen LogP contribution in [-0.4, -0.2) is 52.5 Å². The van der Waals surface area contributed by atoms with Gasteiger partial charge in [-0.3, -0.25) is 14.9 Å². The van der Waals surface area contributed by atoms with Crippen LogP contribution in [0.2, 0.25) is 0 Å². The zero-order valence-corrected chi connectivity index (χ0v) is 17.1. The van der Waals surface area contributed by atoms with Crippen molar-refractivity contribution in [2.45, 2.75) is 6.18 Å². The first kappa shape index (κ1) is 22.2. The molecule has 0 saturated carbocycles. The Morgan fingerprint density at radius 3 is 2.48 bits per heavy atom. The second-order valence-corrected chi connectivity index (χ2v) is 7.14. The molecule has 164 valence electrons.